The molecule has 0 aliphatic rings. The summed E-state index contributed by atoms with van der Waals surface area (Å²) >= 11 is 58.3. The molecule has 0 aliphatic heterocycles. The van der Waals surface area contributed by atoms with Gasteiger partial charge in [-0.05, 0) is 121 Å². The molecule has 0 radical (unpaired) electrons. The van der Waals surface area contributed by atoms with E-state index in [9.17, 15) is 43.9 Å². The van der Waals surface area contributed by atoms with Crippen molar-refractivity contribution in [3.05, 3.63) is 156 Å². The van der Waals surface area contributed by atoms with E-state index >= 15 is 0 Å². The first-order valence-corrected chi connectivity index (χ1v) is 34.7. The van der Waals surface area contributed by atoms with Crippen LogP contribution in [0.4, 0.5) is 43.9 Å². The van der Waals surface area contributed by atoms with Gasteiger partial charge in [0.1, 0.15) is 58.2 Å². The van der Waals surface area contributed by atoms with Crippen LogP contribution in [0, 0.1) is 99.8 Å². The van der Waals surface area contributed by atoms with Crippen molar-refractivity contribution in [2.45, 2.75) is 39.3 Å². The Morgan fingerprint density at radius 2 is 0.704 bits per heavy atom. The van der Waals surface area contributed by atoms with Crippen molar-refractivity contribution in [1.82, 2.24) is 0 Å². The zero-order valence-electron chi connectivity index (χ0n) is 35.2. The van der Waals surface area contributed by atoms with Crippen molar-refractivity contribution in [3.8, 4) is 12.1 Å². The standard InChI is InChI=1S/C12H18Cl2F2Si2.C8Cl2F2N2.C6H2Br2F2.C6Cl2F2I2.C6H2Cl2F2.CN.ClI.ClH.2Cu/c1-17(2,3)11-7(13)10(16)12(18(4,5)6)8(14)9(11)15;9-5-3(1-13)7(11)6(10)4(2-14)8(5)12;7-3-1-5(9)4(8)2-6(3)10;7-1-3(9)6(12)2(8)4(10)5(1)11;7-3-1-5(9)4(8)2-6(3)10;2*1-2;;;/h1-6H3;;1-2H;;1-2H;;;1H;;/q;;;;;-1;;;2*+1/p-1. The molecule has 3 nitrogen and oxygen atoms in total. The van der Waals surface area contributed by atoms with Crippen molar-refractivity contribution in [2.75, 3.05) is 0 Å². The van der Waals surface area contributed by atoms with E-state index in [0.717, 1.165) is 24.3 Å². The zero-order chi connectivity index (χ0) is 56.3. The van der Waals surface area contributed by atoms with Gasteiger partial charge in [-0.1, -0.05) is 132 Å². The average Bonchev–Trinajstić information content (AvgIpc) is 3.29. The molecule has 5 aromatic carbocycles. The molecule has 0 spiro atoms. The second-order valence-corrected chi connectivity index (χ2v) is 30.9. The zero-order valence-corrected chi connectivity index (χ0v) is 56.3. The van der Waals surface area contributed by atoms with Gasteiger partial charge in [0.15, 0.2) is 23.3 Å². The first-order valence-electron chi connectivity index (χ1n) is 16.9. The molecule has 71 heavy (non-hydrogen) atoms. The van der Waals surface area contributed by atoms with E-state index in [1.54, 1.807) is 66.6 Å². The molecule has 0 atom stereocenters. The molecule has 0 heterocycles. The van der Waals surface area contributed by atoms with Crippen LogP contribution in [0.1, 0.15) is 11.1 Å². The summed E-state index contributed by atoms with van der Waals surface area (Å²) in [6, 6.07) is 6.51. The molecule has 5 aromatic rings. The van der Waals surface area contributed by atoms with Crippen LogP contribution < -0.4 is 10.4 Å². The van der Waals surface area contributed by atoms with E-state index < -0.39 is 95.5 Å². The van der Waals surface area contributed by atoms with E-state index in [4.69, 9.17) is 115 Å². The summed E-state index contributed by atoms with van der Waals surface area (Å²) in [7, 11) is 4.64. The van der Waals surface area contributed by atoms with E-state index in [1.807, 2.05) is 39.3 Å². The Balaban J connectivity index is -0.000000389. The average molecular weight is 1800 g/mol. The molecule has 5 rings (SSSR count). The van der Waals surface area contributed by atoms with Crippen molar-refractivity contribution < 1.29 is 76.1 Å². The van der Waals surface area contributed by atoms with Gasteiger partial charge in [-0.25, -0.2) is 43.9 Å². The van der Waals surface area contributed by atoms with Crippen LogP contribution in [0.5, 0.6) is 0 Å². The number of halogens is 25. The number of hydrogen-bond acceptors (Lipinski definition) is 3. The van der Waals surface area contributed by atoms with Crippen LogP contribution in [0.3, 0.4) is 0 Å². The monoisotopic (exact) mass is 1790 g/mol. The fraction of sp³-hybridized carbons (Fsp3) is 0.154. The minimum Gasteiger partial charge on any atom is 1.00 e. The first kappa shape index (κ1) is 78.9. The molecule has 0 bridgehead atoms. The fourth-order valence-corrected chi connectivity index (χ4v) is 12.7. The molecule has 0 saturated carbocycles. The van der Waals surface area contributed by atoms with E-state index in [0.29, 0.717) is 0 Å². The third-order valence-electron chi connectivity index (χ3n) is 7.33. The maximum atomic E-state index is 14.4. The Bertz CT molecular complexity index is 2350. The fourth-order valence-electron chi connectivity index (χ4n) is 4.35. The number of rotatable bonds is 2. The van der Waals surface area contributed by atoms with Crippen LogP contribution in [-0.4, -0.2) is 16.1 Å². The van der Waals surface area contributed by atoms with E-state index in [1.165, 1.54) is 12.1 Å². The van der Waals surface area contributed by atoms with Crippen molar-refractivity contribution in [2.24, 2.45) is 0 Å². The molecule has 32 heteroatoms. The SMILES string of the molecule is C[Si](C)(C)c1c(F)c(Cl)c([Si](C)(C)C)c(F)c1Cl.ClI.Fc1c(Cl)c(I)c(F)c(Cl)c1I.Fc1cc(Br)c(F)cc1Br.Fc1cc(Cl)c(F)cc1Cl.N#Cc1c(F)c(Cl)c(C#N)c(F)c1Cl.[C-]#N.[Cl][Cu].[Cu+]. The van der Waals surface area contributed by atoms with Gasteiger partial charge in [0.05, 0.1) is 72.4 Å². The Hall–Kier alpha value is 1.39. The maximum Gasteiger partial charge on any atom is 1.00 e. The molecule has 0 fully saturated rings. The largest absolute Gasteiger partial charge is 1.00 e. The smallest absolute Gasteiger partial charge is 1.00 e. The van der Waals surface area contributed by atoms with Gasteiger partial charge in [0.2, 0.25) is 0 Å². The van der Waals surface area contributed by atoms with Crippen LogP contribution in [-0.2, 0) is 32.2 Å². The van der Waals surface area contributed by atoms with Gasteiger partial charge in [0.25, 0.3) is 0 Å². The van der Waals surface area contributed by atoms with Crippen LogP contribution in [0.2, 0.25) is 79.5 Å². The second-order valence-electron chi connectivity index (χ2n) is 14.0. The maximum absolute atomic E-state index is 14.4. The Morgan fingerprint density at radius 1 is 0.465 bits per heavy atom. The van der Waals surface area contributed by atoms with Gasteiger partial charge in [0, 0.05) is 21.5 Å². The Kier molecular flexibility index (Phi) is 41.4. The molecule has 0 unspecified atom stereocenters. The summed E-state index contributed by atoms with van der Waals surface area (Å²) < 4.78 is 131. The normalized spacial score (nSPS) is 9.93. The molecule has 0 amide bonds. The van der Waals surface area contributed by atoms with Gasteiger partial charge >= 0.3 is 42.3 Å². The number of nitrogens with zero attached hydrogens (tertiary/aromatic N) is 3. The van der Waals surface area contributed by atoms with Gasteiger partial charge < -0.3 is 11.8 Å². The van der Waals surface area contributed by atoms with Gasteiger partial charge in [-0.15, -0.1) is 0 Å². The minimum absolute atomic E-state index is 0. The molecule has 0 aromatic heterocycles. The Labute approximate surface area is 529 Å². The van der Waals surface area contributed by atoms with Gasteiger partial charge in [-0.3, -0.25) is 0 Å². The first-order chi connectivity index (χ1) is 32.1. The minimum atomic E-state index is -2.08. The number of nitriles is 2. The number of hydrogen-bond donors (Lipinski definition) is 0. The van der Waals surface area contributed by atoms with Crippen molar-refractivity contribution >= 4 is 237 Å². The summed E-state index contributed by atoms with van der Waals surface area (Å²) in [4.78, 5) is 0. The molecular formula is C39H22Br2Cl10Cu2F10I3N3Si2. The second kappa shape index (κ2) is 37.3. The molecule has 0 N–H and O–H groups in total. The van der Waals surface area contributed by atoms with E-state index in [2.05, 4.69) is 66.0 Å². The number of benzene rings is 5. The van der Waals surface area contributed by atoms with Crippen molar-refractivity contribution in [3.63, 3.8) is 0 Å². The third kappa shape index (κ3) is 23.3. The van der Waals surface area contributed by atoms with Crippen molar-refractivity contribution in [1.29, 1.82) is 15.8 Å². The molecule has 0 saturated heterocycles. The summed E-state index contributed by atoms with van der Waals surface area (Å²) in [5.74, 6) is -7.16. The van der Waals surface area contributed by atoms with E-state index in [-0.39, 0.29) is 73.7 Å². The molecule has 398 valence electrons. The summed E-state index contributed by atoms with van der Waals surface area (Å²) in [6.45, 7) is 16.3. The summed E-state index contributed by atoms with van der Waals surface area (Å²) in [5, 5.41) is 21.1. The third-order valence-corrected chi connectivity index (χ3v) is 18.2. The Morgan fingerprint density at radius 3 is 0.915 bits per heavy atom. The topological polar surface area (TPSA) is 71.4 Å². The molecule has 0 aliphatic carbocycles. The predicted molar refractivity (Wildman–Crippen MR) is 299 cm³/mol. The summed E-state index contributed by atoms with van der Waals surface area (Å²) in [6.07, 6.45) is 0. The van der Waals surface area contributed by atoms with Crippen LogP contribution in [0.25, 0.3) is 0 Å². The predicted octanol–water partition coefficient (Wildman–Crippen LogP) is 21.0. The summed E-state index contributed by atoms with van der Waals surface area (Å²) in [5.41, 5.74) is -1.40. The quantitative estimate of drug-likeness (QED) is 0.0442. The van der Waals surface area contributed by atoms with Crippen LogP contribution in [0.15, 0.2) is 33.2 Å². The molecular weight excluding hydrogens is 1780 g/mol. The van der Waals surface area contributed by atoms with Crippen LogP contribution >= 0.6 is 210 Å². The van der Waals surface area contributed by atoms with Gasteiger partial charge in [-0.2, -0.15) is 10.5 Å².